The fraction of sp³-hybridized carbons (Fsp3) is 0.0476. The normalized spacial score (nSPS) is 17.3. The maximum Gasteiger partial charge on any atom is 0.266 e. The van der Waals surface area contributed by atoms with Crippen LogP contribution in [0, 0.1) is 0 Å². The van der Waals surface area contributed by atoms with Gasteiger partial charge in [-0.25, -0.2) is 4.99 Å². The Morgan fingerprint density at radius 1 is 1.00 bits per heavy atom. The van der Waals surface area contributed by atoms with Crippen LogP contribution in [-0.4, -0.2) is 23.0 Å². The third-order valence-electron chi connectivity index (χ3n) is 4.01. The summed E-state index contributed by atoms with van der Waals surface area (Å²) in [6, 6.07) is 21.5. The smallest absolute Gasteiger partial charge is 0.266 e. The lowest BCUT2D eigenvalue weighted by atomic mass is 10.2. The number of hydrogen-bond acceptors (Lipinski definition) is 4. The average molecular weight is 411 g/mol. The van der Waals surface area contributed by atoms with Gasteiger partial charge in [0.2, 0.25) is 0 Å². The Labute approximate surface area is 171 Å². The van der Waals surface area contributed by atoms with E-state index in [4.69, 9.17) is 11.6 Å². The number of halogens is 1. The number of hydrogen-bond donors (Lipinski definition) is 0. The van der Waals surface area contributed by atoms with Crippen LogP contribution in [0.15, 0.2) is 76.6 Å². The highest BCUT2D eigenvalue weighted by Crippen LogP contribution is 2.36. The number of nitrogens with zero attached hydrogens (tertiary/aromatic N) is 2. The fourth-order valence-electron chi connectivity index (χ4n) is 2.59. The molecule has 0 radical (unpaired) electrons. The highest BCUT2D eigenvalue weighted by molar-refractivity contribution is 8.18. The molecular formula is C21H15ClN2OS2. The van der Waals surface area contributed by atoms with E-state index in [1.807, 2.05) is 66.7 Å². The standard InChI is InChI=1S/C21H15ClN2OS2/c1-24-20(25)19(27-21(24)23-16-5-3-2-4-6-16)13-17-11-12-18(26-17)14-7-9-15(22)10-8-14/h2-13H,1H3. The zero-order chi connectivity index (χ0) is 18.8. The minimum absolute atomic E-state index is 0.0314. The first-order valence-electron chi connectivity index (χ1n) is 8.27. The lowest BCUT2D eigenvalue weighted by Crippen LogP contribution is -2.23. The first-order valence-corrected chi connectivity index (χ1v) is 10.3. The maximum absolute atomic E-state index is 12.6. The molecule has 1 amide bonds. The van der Waals surface area contributed by atoms with Crippen molar-refractivity contribution in [1.29, 1.82) is 0 Å². The van der Waals surface area contributed by atoms with Gasteiger partial charge in [0.15, 0.2) is 5.17 Å². The molecular weight excluding hydrogens is 396 g/mol. The molecule has 0 N–H and O–H groups in total. The zero-order valence-electron chi connectivity index (χ0n) is 14.4. The number of amidine groups is 1. The van der Waals surface area contributed by atoms with Gasteiger partial charge in [0.1, 0.15) is 0 Å². The molecule has 0 saturated carbocycles. The number of para-hydroxylation sites is 1. The minimum Gasteiger partial charge on any atom is -0.290 e. The van der Waals surface area contributed by atoms with E-state index in [9.17, 15) is 4.79 Å². The molecule has 1 aromatic heterocycles. The van der Waals surface area contributed by atoms with Crippen molar-refractivity contribution in [2.75, 3.05) is 7.05 Å². The molecule has 0 aliphatic carbocycles. The SMILES string of the molecule is CN1C(=O)C(=Cc2ccc(-c3ccc(Cl)cc3)s2)SC1=Nc1ccccc1. The molecule has 4 rings (SSSR count). The lowest BCUT2D eigenvalue weighted by molar-refractivity contribution is -0.121. The summed E-state index contributed by atoms with van der Waals surface area (Å²) in [5.41, 5.74) is 1.95. The molecule has 134 valence electrons. The van der Waals surface area contributed by atoms with Crippen LogP contribution in [0.4, 0.5) is 5.69 Å². The molecule has 1 aliphatic heterocycles. The quantitative estimate of drug-likeness (QED) is 0.474. The Hall–Kier alpha value is -2.34. The van der Waals surface area contributed by atoms with Crippen LogP contribution in [0.5, 0.6) is 0 Å². The van der Waals surface area contributed by atoms with Gasteiger partial charge < -0.3 is 0 Å². The van der Waals surface area contributed by atoms with E-state index in [-0.39, 0.29) is 5.91 Å². The largest absolute Gasteiger partial charge is 0.290 e. The second-order valence-corrected chi connectivity index (χ2v) is 8.47. The molecule has 1 fully saturated rings. The summed E-state index contributed by atoms with van der Waals surface area (Å²) in [5.74, 6) is -0.0314. The predicted molar refractivity (Wildman–Crippen MR) is 117 cm³/mol. The van der Waals surface area contributed by atoms with E-state index in [1.165, 1.54) is 11.8 Å². The molecule has 1 aliphatic rings. The Morgan fingerprint density at radius 2 is 1.74 bits per heavy atom. The summed E-state index contributed by atoms with van der Waals surface area (Å²) >= 11 is 9.00. The van der Waals surface area contributed by atoms with Gasteiger partial charge in [-0.1, -0.05) is 41.9 Å². The summed E-state index contributed by atoms with van der Waals surface area (Å²) in [5, 5.41) is 1.41. The van der Waals surface area contributed by atoms with Gasteiger partial charge in [-0.15, -0.1) is 11.3 Å². The minimum atomic E-state index is -0.0314. The first-order chi connectivity index (χ1) is 13.1. The summed E-state index contributed by atoms with van der Waals surface area (Å²) in [6.45, 7) is 0. The second kappa shape index (κ2) is 7.72. The van der Waals surface area contributed by atoms with Gasteiger partial charge in [-0.3, -0.25) is 9.69 Å². The Balaban J connectivity index is 1.58. The second-order valence-electron chi connectivity index (χ2n) is 5.91. The van der Waals surface area contributed by atoms with E-state index < -0.39 is 0 Å². The summed E-state index contributed by atoms with van der Waals surface area (Å²) in [7, 11) is 1.76. The van der Waals surface area contributed by atoms with E-state index in [0.29, 0.717) is 10.1 Å². The Bertz CT molecular complexity index is 1040. The molecule has 0 bridgehead atoms. The predicted octanol–water partition coefficient (Wildman–Crippen LogP) is 6.30. The number of benzene rings is 2. The van der Waals surface area contributed by atoms with Crippen LogP contribution in [-0.2, 0) is 4.79 Å². The van der Waals surface area contributed by atoms with Crippen LogP contribution in [0.2, 0.25) is 5.02 Å². The van der Waals surface area contributed by atoms with Crippen molar-refractivity contribution in [3.05, 3.63) is 81.5 Å². The third kappa shape index (κ3) is 4.00. The molecule has 2 heterocycles. The van der Waals surface area contributed by atoms with Crippen molar-refractivity contribution in [3.8, 4) is 10.4 Å². The molecule has 0 spiro atoms. The van der Waals surface area contributed by atoms with Crippen molar-refractivity contribution >= 4 is 57.5 Å². The molecule has 0 unspecified atom stereocenters. The zero-order valence-corrected chi connectivity index (χ0v) is 16.8. The first kappa shape index (κ1) is 18.0. The van der Waals surface area contributed by atoms with Crippen molar-refractivity contribution < 1.29 is 4.79 Å². The number of rotatable bonds is 3. The van der Waals surface area contributed by atoms with Crippen LogP contribution < -0.4 is 0 Å². The highest BCUT2D eigenvalue weighted by atomic mass is 35.5. The molecule has 6 heteroatoms. The van der Waals surface area contributed by atoms with Crippen molar-refractivity contribution in [2.45, 2.75) is 0 Å². The van der Waals surface area contributed by atoms with Gasteiger partial charge in [-0.05, 0) is 59.8 Å². The van der Waals surface area contributed by atoms with Crippen molar-refractivity contribution in [3.63, 3.8) is 0 Å². The van der Waals surface area contributed by atoms with E-state index >= 15 is 0 Å². The third-order valence-corrected chi connectivity index (χ3v) is 6.41. The topological polar surface area (TPSA) is 32.7 Å². The van der Waals surface area contributed by atoms with Gasteiger partial charge in [0.05, 0.1) is 10.6 Å². The van der Waals surface area contributed by atoms with Crippen LogP contribution in [0.25, 0.3) is 16.5 Å². The number of carbonyl (C=O) groups is 1. The van der Waals surface area contributed by atoms with E-state index in [1.54, 1.807) is 23.3 Å². The summed E-state index contributed by atoms with van der Waals surface area (Å²) in [6.07, 6.45) is 1.93. The van der Waals surface area contributed by atoms with Gasteiger partial charge in [-0.2, -0.15) is 0 Å². The van der Waals surface area contributed by atoms with Crippen molar-refractivity contribution in [1.82, 2.24) is 4.90 Å². The Morgan fingerprint density at radius 3 is 2.48 bits per heavy atom. The molecule has 3 nitrogen and oxygen atoms in total. The number of likely N-dealkylation sites (N-methyl/N-ethyl adjacent to an activating group) is 1. The molecule has 2 aromatic carbocycles. The highest BCUT2D eigenvalue weighted by Gasteiger charge is 2.30. The number of carbonyl (C=O) groups excluding carboxylic acids is 1. The van der Waals surface area contributed by atoms with E-state index in [0.717, 1.165) is 26.0 Å². The van der Waals surface area contributed by atoms with Crippen LogP contribution in [0.3, 0.4) is 0 Å². The van der Waals surface area contributed by atoms with Crippen LogP contribution in [0.1, 0.15) is 4.88 Å². The van der Waals surface area contributed by atoms with Crippen LogP contribution >= 0.6 is 34.7 Å². The molecule has 27 heavy (non-hydrogen) atoms. The molecule has 3 aromatic rings. The van der Waals surface area contributed by atoms with Gasteiger partial charge in [0, 0.05) is 21.8 Å². The van der Waals surface area contributed by atoms with Gasteiger partial charge in [0.25, 0.3) is 5.91 Å². The summed E-state index contributed by atoms with van der Waals surface area (Å²) < 4.78 is 0. The number of aliphatic imine (C=N–C) groups is 1. The van der Waals surface area contributed by atoms with E-state index in [2.05, 4.69) is 11.1 Å². The lowest BCUT2D eigenvalue weighted by Gasteiger charge is -2.06. The molecule has 1 saturated heterocycles. The summed E-state index contributed by atoms with van der Waals surface area (Å²) in [4.78, 5) is 21.6. The monoisotopic (exact) mass is 410 g/mol. The molecule has 0 atom stereocenters. The van der Waals surface area contributed by atoms with Gasteiger partial charge >= 0.3 is 0 Å². The van der Waals surface area contributed by atoms with Crippen molar-refractivity contribution in [2.24, 2.45) is 4.99 Å². The average Bonchev–Trinajstić information content (AvgIpc) is 3.24. The Kier molecular flexibility index (Phi) is 5.16. The maximum atomic E-state index is 12.6. The fourth-order valence-corrected chi connectivity index (χ4v) is 4.73. The number of thioether (sulfide) groups is 1. The number of thiophene rings is 1. The number of amides is 1.